The highest BCUT2D eigenvalue weighted by Crippen LogP contribution is 2.19. The molecule has 23 heavy (non-hydrogen) atoms. The Bertz CT molecular complexity index is 687. The lowest BCUT2D eigenvalue weighted by Gasteiger charge is -2.17. The Balaban J connectivity index is 1.83. The van der Waals surface area contributed by atoms with Crippen molar-refractivity contribution in [3.05, 3.63) is 70.5 Å². The van der Waals surface area contributed by atoms with Crippen LogP contribution in [-0.2, 0) is 10.5 Å². The van der Waals surface area contributed by atoms with E-state index in [1.807, 2.05) is 6.92 Å². The maximum absolute atomic E-state index is 13.5. The molecule has 1 atom stereocenters. The van der Waals surface area contributed by atoms with Gasteiger partial charge in [-0.2, -0.15) is 0 Å². The van der Waals surface area contributed by atoms with Crippen molar-refractivity contribution in [3.63, 3.8) is 0 Å². The number of hydrogen-bond donors (Lipinski definition) is 1. The molecule has 0 spiro atoms. The Morgan fingerprint density at radius 2 is 1.96 bits per heavy atom. The maximum Gasteiger partial charge on any atom is 0.230 e. The van der Waals surface area contributed by atoms with Gasteiger partial charge >= 0.3 is 0 Å². The molecular formula is C19H22FNOS. The second-order valence-electron chi connectivity index (χ2n) is 5.73. The molecular weight excluding hydrogens is 309 g/mol. The van der Waals surface area contributed by atoms with Gasteiger partial charge in [0.05, 0.1) is 11.8 Å². The van der Waals surface area contributed by atoms with Crippen LogP contribution in [0.4, 0.5) is 4.39 Å². The fourth-order valence-electron chi connectivity index (χ4n) is 2.54. The number of amides is 1. The molecule has 0 aliphatic carbocycles. The van der Waals surface area contributed by atoms with Gasteiger partial charge in [0.15, 0.2) is 0 Å². The zero-order valence-corrected chi connectivity index (χ0v) is 14.5. The molecule has 1 amide bonds. The minimum absolute atomic E-state index is 0.0289. The predicted molar refractivity (Wildman–Crippen MR) is 95.0 cm³/mol. The number of carbonyl (C=O) groups excluding carboxylic acids is 1. The van der Waals surface area contributed by atoms with Crippen LogP contribution in [-0.4, -0.2) is 11.7 Å². The van der Waals surface area contributed by atoms with Gasteiger partial charge in [-0.05, 0) is 43.5 Å². The summed E-state index contributed by atoms with van der Waals surface area (Å²) >= 11 is 1.42. The molecule has 0 bridgehead atoms. The van der Waals surface area contributed by atoms with E-state index in [1.54, 1.807) is 18.2 Å². The molecule has 2 nitrogen and oxygen atoms in total. The van der Waals surface area contributed by atoms with Crippen molar-refractivity contribution in [1.29, 1.82) is 0 Å². The van der Waals surface area contributed by atoms with E-state index in [0.717, 1.165) is 5.56 Å². The average Bonchev–Trinajstić information content (AvgIpc) is 2.49. The Kier molecular flexibility index (Phi) is 6.22. The summed E-state index contributed by atoms with van der Waals surface area (Å²) in [6, 6.07) is 12.9. The van der Waals surface area contributed by atoms with Crippen LogP contribution in [0.15, 0.2) is 42.5 Å². The number of thioether (sulfide) groups is 1. The van der Waals surface area contributed by atoms with E-state index in [2.05, 4.69) is 37.4 Å². The summed E-state index contributed by atoms with van der Waals surface area (Å²) in [6.07, 6.45) is 0. The van der Waals surface area contributed by atoms with Gasteiger partial charge in [0.2, 0.25) is 5.91 Å². The van der Waals surface area contributed by atoms with Crippen LogP contribution in [0.1, 0.15) is 35.2 Å². The SMILES string of the molecule is Cc1ccc([C@H](C)NC(=O)CSCc2ccccc2F)c(C)c1. The first-order chi connectivity index (χ1) is 11.0. The number of hydrogen-bond acceptors (Lipinski definition) is 2. The lowest BCUT2D eigenvalue weighted by Crippen LogP contribution is -2.28. The number of rotatable bonds is 6. The van der Waals surface area contributed by atoms with Crippen molar-refractivity contribution in [1.82, 2.24) is 5.32 Å². The molecule has 2 aromatic rings. The molecule has 1 N–H and O–H groups in total. The predicted octanol–water partition coefficient (Wildman–Crippen LogP) is 4.55. The van der Waals surface area contributed by atoms with Gasteiger partial charge in [0.25, 0.3) is 0 Å². The topological polar surface area (TPSA) is 29.1 Å². The zero-order valence-electron chi connectivity index (χ0n) is 13.7. The van der Waals surface area contributed by atoms with E-state index in [4.69, 9.17) is 0 Å². The average molecular weight is 331 g/mol. The van der Waals surface area contributed by atoms with Gasteiger partial charge in [-0.3, -0.25) is 4.79 Å². The molecule has 2 aromatic carbocycles. The van der Waals surface area contributed by atoms with Gasteiger partial charge in [-0.25, -0.2) is 4.39 Å². The third-order valence-corrected chi connectivity index (χ3v) is 4.70. The summed E-state index contributed by atoms with van der Waals surface area (Å²) in [7, 11) is 0. The first kappa shape index (κ1) is 17.5. The molecule has 0 unspecified atom stereocenters. The van der Waals surface area contributed by atoms with Crippen LogP contribution in [0.3, 0.4) is 0 Å². The highest BCUT2D eigenvalue weighted by Gasteiger charge is 2.12. The highest BCUT2D eigenvalue weighted by atomic mass is 32.2. The van der Waals surface area contributed by atoms with E-state index < -0.39 is 0 Å². The molecule has 2 rings (SSSR count). The van der Waals surface area contributed by atoms with Crippen molar-refractivity contribution in [2.75, 3.05) is 5.75 Å². The molecule has 0 radical (unpaired) electrons. The van der Waals surface area contributed by atoms with Gasteiger partial charge in [0.1, 0.15) is 5.82 Å². The van der Waals surface area contributed by atoms with E-state index in [0.29, 0.717) is 17.1 Å². The van der Waals surface area contributed by atoms with Gasteiger partial charge in [-0.1, -0.05) is 42.0 Å². The highest BCUT2D eigenvalue weighted by molar-refractivity contribution is 7.99. The quantitative estimate of drug-likeness (QED) is 0.841. The summed E-state index contributed by atoms with van der Waals surface area (Å²) in [5.74, 6) is 0.574. The molecule has 0 fully saturated rings. The Labute approximate surface area is 141 Å². The van der Waals surface area contributed by atoms with Crippen molar-refractivity contribution in [2.45, 2.75) is 32.6 Å². The second-order valence-corrected chi connectivity index (χ2v) is 6.72. The van der Waals surface area contributed by atoms with Crippen molar-refractivity contribution >= 4 is 17.7 Å². The van der Waals surface area contributed by atoms with Crippen molar-refractivity contribution in [2.24, 2.45) is 0 Å². The molecule has 0 aliphatic heterocycles. The summed E-state index contributed by atoms with van der Waals surface area (Å²) in [5.41, 5.74) is 4.15. The van der Waals surface area contributed by atoms with Crippen LogP contribution in [0.5, 0.6) is 0 Å². The Morgan fingerprint density at radius 1 is 1.22 bits per heavy atom. The Morgan fingerprint density at radius 3 is 2.65 bits per heavy atom. The molecule has 4 heteroatoms. The van der Waals surface area contributed by atoms with Crippen LogP contribution in [0.2, 0.25) is 0 Å². The minimum atomic E-state index is -0.218. The molecule has 0 aliphatic rings. The Hall–Kier alpha value is -1.81. The fraction of sp³-hybridized carbons (Fsp3) is 0.316. The van der Waals surface area contributed by atoms with E-state index in [-0.39, 0.29) is 17.8 Å². The summed E-state index contributed by atoms with van der Waals surface area (Å²) < 4.78 is 13.5. The lowest BCUT2D eigenvalue weighted by atomic mass is 10.0. The largest absolute Gasteiger partial charge is 0.349 e. The van der Waals surface area contributed by atoms with Crippen molar-refractivity contribution < 1.29 is 9.18 Å². The zero-order chi connectivity index (χ0) is 16.8. The van der Waals surface area contributed by atoms with Gasteiger partial charge in [0, 0.05) is 5.75 Å². The standard InChI is InChI=1S/C19H22FNOS/c1-13-8-9-17(14(2)10-13)15(3)21-19(22)12-23-11-16-6-4-5-7-18(16)20/h4-10,15H,11-12H2,1-3H3,(H,21,22)/t15-/m0/s1. The van der Waals surface area contributed by atoms with Gasteiger partial charge < -0.3 is 5.32 Å². The number of carbonyl (C=O) groups is 1. The number of halogens is 1. The van der Waals surface area contributed by atoms with E-state index in [1.165, 1.54) is 29.0 Å². The number of aryl methyl sites for hydroxylation is 2. The first-order valence-corrected chi connectivity index (χ1v) is 8.80. The third kappa shape index (κ3) is 5.10. The van der Waals surface area contributed by atoms with Crippen LogP contribution >= 0.6 is 11.8 Å². The van der Waals surface area contributed by atoms with E-state index in [9.17, 15) is 9.18 Å². The number of nitrogens with one attached hydrogen (secondary N) is 1. The van der Waals surface area contributed by atoms with Crippen LogP contribution in [0, 0.1) is 19.7 Å². The molecule has 122 valence electrons. The summed E-state index contributed by atoms with van der Waals surface area (Å²) in [4.78, 5) is 12.1. The second kappa shape index (κ2) is 8.16. The molecule has 0 saturated carbocycles. The summed E-state index contributed by atoms with van der Waals surface area (Å²) in [6.45, 7) is 6.09. The molecule has 0 saturated heterocycles. The van der Waals surface area contributed by atoms with Crippen LogP contribution < -0.4 is 5.32 Å². The molecule has 0 aromatic heterocycles. The third-order valence-electron chi connectivity index (χ3n) is 3.72. The maximum atomic E-state index is 13.5. The monoisotopic (exact) mass is 331 g/mol. The fourth-order valence-corrected chi connectivity index (χ4v) is 3.37. The van der Waals surface area contributed by atoms with Crippen molar-refractivity contribution in [3.8, 4) is 0 Å². The lowest BCUT2D eigenvalue weighted by molar-refractivity contribution is -0.119. The normalized spacial score (nSPS) is 12.0. The van der Waals surface area contributed by atoms with Crippen LogP contribution in [0.25, 0.3) is 0 Å². The molecule has 0 heterocycles. The number of benzene rings is 2. The van der Waals surface area contributed by atoms with E-state index >= 15 is 0 Å². The minimum Gasteiger partial charge on any atom is -0.349 e. The van der Waals surface area contributed by atoms with Gasteiger partial charge in [-0.15, -0.1) is 11.8 Å². The smallest absolute Gasteiger partial charge is 0.230 e. The first-order valence-electron chi connectivity index (χ1n) is 7.65. The summed E-state index contributed by atoms with van der Waals surface area (Å²) in [5, 5.41) is 3.00.